The van der Waals surface area contributed by atoms with Gasteiger partial charge in [0.25, 0.3) is 10.0 Å². The average molecular weight is 371 g/mol. The fourth-order valence-electron chi connectivity index (χ4n) is 3.76. The highest BCUT2D eigenvalue weighted by Crippen LogP contribution is 2.31. The van der Waals surface area contributed by atoms with Crippen LogP contribution in [-0.4, -0.2) is 49.7 Å². The number of amides is 1. The number of nitrogens with zero attached hydrogens (tertiary/aromatic N) is 2. The Balaban J connectivity index is 1.57. The summed E-state index contributed by atoms with van der Waals surface area (Å²) >= 11 is 1.26. The molecule has 0 unspecified atom stereocenters. The topological polar surface area (TPSA) is 57.7 Å². The zero-order chi connectivity index (χ0) is 17.2. The predicted octanol–water partition coefficient (Wildman–Crippen LogP) is 2.80. The first-order chi connectivity index (χ1) is 11.5. The minimum atomic E-state index is -3.35. The van der Waals surface area contributed by atoms with Crippen LogP contribution in [0.4, 0.5) is 0 Å². The van der Waals surface area contributed by atoms with Gasteiger partial charge < -0.3 is 4.90 Å². The Morgan fingerprint density at radius 2 is 1.83 bits per heavy atom. The highest BCUT2D eigenvalue weighted by Gasteiger charge is 2.35. The molecule has 2 aliphatic rings. The van der Waals surface area contributed by atoms with E-state index >= 15 is 0 Å². The number of carbonyl (C=O) groups is 1. The third kappa shape index (κ3) is 3.68. The van der Waals surface area contributed by atoms with Crippen LogP contribution in [0.3, 0.4) is 0 Å². The van der Waals surface area contributed by atoms with Crippen molar-refractivity contribution in [2.24, 2.45) is 11.8 Å². The first-order valence-corrected chi connectivity index (χ1v) is 11.1. The van der Waals surface area contributed by atoms with Crippen LogP contribution in [0, 0.1) is 11.8 Å². The van der Waals surface area contributed by atoms with Crippen molar-refractivity contribution in [3.63, 3.8) is 0 Å². The van der Waals surface area contributed by atoms with Gasteiger partial charge in [-0.2, -0.15) is 4.31 Å². The van der Waals surface area contributed by atoms with Crippen LogP contribution in [0.15, 0.2) is 21.7 Å². The molecule has 2 aliphatic heterocycles. The van der Waals surface area contributed by atoms with Crippen molar-refractivity contribution in [3.8, 4) is 0 Å². The molecule has 1 atom stereocenters. The second-order valence-electron chi connectivity index (χ2n) is 6.85. The molecular formula is C17H26N2O3S2. The second kappa shape index (κ2) is 7.54. The highest BCUT2D eigenvalue weighted by molar-refractivity contribution is 7.91. The zero-order valence-corrected chi connectivity index (χ0v) is 15.8. The van der Waals surface area contributed by atoms with Gasteiger partial charge in [-0.05, 0) is 49.5 Å². The van der Waals surface area contributed by atoms with Crippen molar-refractivity contribution in [1.29, 1.82) is 0 Å². The normalized spacial score (nSPS) is 22.5. The molecule has 2 saturated heterocycles. The molecule has 1 aromatic heterocycles. The Bertz CT molecular complexity index is 643. The van der Waals surface area contributed by atoms with E-state index in [-0.39, 0.29) is 17.7 Å². The third-order valence-electron chi connectivity index (χ3n) is 5.35. The molecule has 0 aliphatic carbocycles. The van der Waals surface area contributed by atoms with Crippen molar-refractivity contribution in [1.82, 2.24) is 9.21 Å². The Hall–Kier alpha value is -0.920. The van der Waals surface area contributed by atoms with Crippen LogP contribution in [0.5, 0.6) is 0 Å². The van der Waals surface area contributed by atoms with Gasteiger partial charge in [-0.3, -0.25) is 4.79 Å². The summed E-state index contributed by atoms with van der Waals surface area (Å²) in [5.41, 5.74) is 0. The molecule has 1 amide bonds. The molecule has 1 aromatic rings. The van der Waals surface area contributed by atoms with Crippen LogP contribution in [0.1, 0.15) is 39.0 Å². The van der Waals surface area contributed by atoms with E-state index in [0.717, 1.165) is 38.8 Å². The van der Waals surface area contributed by atoms with E-state index in [1.54, 1.807) is 21.8 Å². The van der Waals surface area contributed by atoms with Crippen molar-refractivity contribution in [2.45, 2.75) is 43.2 Å². The molecule has 0 aromatic carbocycles. The van der Waals surface area contributed by atoms with Gasteiger partial charge in [-0.25, -0.2) is 8.42 Å². The molecule has 0 N–H and O–H groups in total. The van der Waals surface area contributed by atoms with Gasteiger partial charge in [0.05, 0.1) is 0 Å². The molecule has 134 valence electrons. The van der Waals surface area contributed by atoms with Crippen LogP contribution >= 0.6 is 11.3 Å². The number of likely N-dealkylation sites (tertiary alicyclic amines) is 1. The summed E-state index contributed by atoms with van der Waals surface area (Å²) in [7, 11) is -3.35. The summed E-state index contributed by atoms with van der Waals surface area (Å²) in [4.78, 5) is 14.7. The SMILES string of the molecule is C[C@H](C(=O)N1CCCCC1)C1CCN(S(=O)(=O)c2cccs2)CC1. The minimum Gasteiger partial charge on any atom is -0.342 e. The first kappa shape index (κ1) is 17.9. The van der Waals surface area contributed by atoms with Gasteiger partial charge in [0.1, 0.15) is 4.21 Å². The van der Waals surface area contributed by atoms with Gasteiger partial charge in [0.2, 0.25) is 5.91 Å². The second-order valence-corrected chi connectivity index (χ2v) is 9.96. The first-order valence-electron chi connectivity index (χ1n) is 8.82. The monoisotopic (exact) mass is 370 g/mol. The van der Waals surface area contributed by atoms with Crippen molar-refractivity contribution >= 4 is 27.3 Å². The van der Waals surface area contributed by atoms with E-state index in [1.165, 1.54) is 17.8 Å². The summed E-state index contributed by atoms with van der Waals surface area (Å²) in [5.74, 6) is 0.540. The van der Waals surface area contributed by atoms with Crippen LogP contribution in [0.2, 0.25) is 0 Å². The van der Waals surface area contributed by atoms with E-state index < -0.39 is 10.0 Å². The molecule has 0 saturated carbocycles. The Morgan fingerprint density at radius 1 is 1.17 bits per heavy atom. The number of hydrogen-bond donors (Lipinski definition) is 0. The lowest BCUT2D eigenvalue weighted by Gasteiger charge is -2.36. The lowest BCUT2D eigenvalue weighted by molar-refractivity contribution is -0.138. The number of hydrogen-bond acceptors (Lipinski definition) is 4. The summed E-state index contributed by atoms with van der Waals surface area (Å²) in [6.45, 7) is 4.82. The molecule has 2 fully saturated rings. The minimum absolute atomic E-state index is 0.00491. The van der Waals surface area contributed by atoms with E-state index in [2.05, 4.69) is 0 Å². The summed E-state index contributed by atoms with van der Waals surface area (Å²) in [5, 5.41) is 1.79. The lowest BCUT2D eigenvalue weighted by atomic mass is 9.85. The smallest absolute Gasteiger partial charge is 0.252 e. The van der Waals surface area contributed by atoms with Gasteiger partial charge in [-0.1, -0.05) is 13.0 Å². The molecule has 24 heavy (non-hydrogen) atoms. The lowest BCUT2D eigenvalue weighted by Crippen LogP contribution is -2.44. The largest absolute Gasteiger partial charge is 0.342 e. The van der Waals surface area contributed by atoms with Gasteiger partial charge in [0.15, 0.2) is 0 Å². The van der Waals surface area contributed by atoms with E-state index in [4.69, 9.17) is 0 Å². The molecule has 3 heterocycles. The highest BCUT2D eigenvalue weighted by atomic mass is 32.2. The summed E-state index contributed by atoms with van der Waals surface area (Å²) in [6.07, 6.45) is 4.97. The van der Waals surface area contributed by atoms with E-state index in [1.807, 2.05) is 11.8 Å². The van der Waals surface area contributed by atoms with Crippen LogP contribution in [-0.2, 0) is 14.8 Å². The third-order valence-corrected chi connectivity index (χ3v) is 8.62. The van der Waals surface area contributed by atoms with Gasteiger partial charge in [-0.15, -0.1) is 11.3 Å². The molecule has 0 bridgehead atoms. The Labute approximate surface area is 148 Å². The number of carbonyl (C=O) groups excluding carboxylic acids is 1. The van der Waals surface area contributed by atoms with Crippen LogP contribution in [0.25, 0.3) is 0 Å². The molecule has 3 rings (SSSR count). The zero-order valence-electron chi connectivity index (χ0n) is 14.2. The molecular weight excluding hydrogens is 344 g/mol. The molecule has 0 radical (unpaired) electrons. The summed E-state index contributed by atoms with van der Waals surface area (Å²) in [6, 6.07) is 3.43. The maximum atomic E-state index is 12.7. The standard InChI is InChI=1S/C17H26N2O3S2/c1-14(17(20)18-9-3-2-4-10-18)15-7-11-19(12-8-15)24(21,22)16-6-5-13-23-16/h5-6,13-15H,2-4,7-12H2,1H3/t14-/m0/s1. The Kier molecular flexibility index (Phi) is 5.62. The average Bonchev–Trinajstić information content (AvgIpc) is 3.17. The number of sulfonamides is 1. The molecule has 0 spiro atoms. The van der Waals surface area contributed by atoms with Gasteiger partial charge in [0, 0.05) is 32.1 Å². The fraction of sp³-hybridized carbons (Fsp3) is 0.706. The predicted molar refractivity (Wildman–Crippen MR) is 95.4 cm³/mol. The number of thiophene rings is 1. The van der Waals surface area contributed by atoms with E-state index in [9.17, 15) is 13.2 Å². The fourth-order valence-corrected chi connectivity index (χ4v) is 6.37. The van der Waals surface area contributed by atoms with Crippen molar-refractivity contribution in [3.05, 3.63) is 17.5 Å². The summed E-state index contributed by atoms with van der Waals surface area (Å²) < 4.78 is 27.1. The Morgan fingerprint density at radius 3 is 2.42 bits per heavy atom. The quantitative estimate of drug-likeness (QED) is 0.819. The molecule has 7 heteroatoms. The number of rotatable bonds is 4. The van der Waals surface area contributed by atoms with Crippen molar-refractivity contribution < 1.29 is 13.2 Å². The van der Waals surface area contributed by atoms with Crippen molar-refractivity contribution in [2.75, 3.05) is 26.2 Å². The maximum Gasteiger partial charge on any atom is 0.252 e. The molecule has 5 nitrogen and oxygen atoms in total. The van der Waals surface area contributed by atoms with E-state index in [0.29, 0.717) is 17.3 Å². The van der Waals surface area contributed by atoms with Gasteiger partial charge >= 0.3 is 0 Å². The van der Waals surface area contributed by atoms with Crippen LogP contribution < -0.4 is 0 Å². The number of piperidine rings is 2. The maximum absolute atomic E-state index is 12.7.